The molecule has 0 aromatic heterocycles. The Labute approximate surface area is 93.6 Å². The number of carbonyl (C=O) groups excluding carboxylic acids is 1. The number of hydrogen-bond acceptors (Lipinski definition) is 4. The molecule has 2 aliphatic heterocycles. The Bertz CT molecular complexity index is 299. The first-order chi connectivity index (χ1) is 7.61. The summed E-state index contributed by atoms with van der Waals surface area (Å²) in [6.07, 6.45) is 1.22. The van der Waals surface area contributed by atoms with Crippen molar-refractivity contribution in [1.82, 2.24) is 10.2 Å². The minimum Gasteiger partial charge on any atom is -0.481 e. The van der Waals surface area contributed by atoms with Crippen LogP contribution in [0.2, 0.25) is 0 Å². The number of rotatable bonds is 3. The minimum atomic E-state index is -0.890. The Morgan fingerprint density at radius 1 is 1.50 bits per heavy atom. The van der Waals surface area contributed by atoms with Gasteiger partial charge in [0.25, 0.3) is 0 Å². The van der Waals surface area contributed by atoms with Crippen molar-refractivity contribution in [1.29, 1.82) is 0 Å². The van der Waals surface area contributed by atoms with E-state index in [1.54, 1.807) is 0 Å². The Morgan fingerprint density at radius 3 is 2.81 bits per heavy atom. The summed E-state index contributed by atoms with van der Waals surface area (Å²) >= 11 is 0. The standard InChI is InChI=1S/C10H16N2O4/c13-8(14)1-6-12-7-10(16-9(12)15)2-4-11-5-3-10/h11H,1-7H2,(H,13,14). The molecule has 90 valence electrons. The number of carboxylic acids is 1. The van der Waals surface area contributed by atoms with Crippen LogP contribution < -0.4 is 5.32 Å². The van der Waals surface area contributed by atoms with Crippen molar-refractivity contribution in [2.75, 3.05) is 26.2 Å². The average molecular weight is 228 g/mol. The molecule has 0 saturated carbocycles. The fraction of sp³-hybridized carbons (Fsp3) is 0.800. The van der Waals surface area contributed by atoms with Crippen molar-refractivity contribution >= 4 is 12.1 Å². The summed E-state index contributed by atoms with van der Waals surface area (Å²) in [7, 11) is 0. The van der Waals surface area contributed by atoms with Crippen LogP contribution in [0.25, 0.3) is 0 Å². The molecule has 2 aliphatic rings. The molecular weight excluding hydrogens is 212 g/mol. The van der Waals surface area contributed by atoms with E-state index in [1.165, 1.54) is 4.90 Å². The van der Waals surface area contributed by atoms with Crippen LogP contribution in [-0.4, -0.2) is 53.8 Å². The number of ether oxygens (including phenoxy) is 1. The second-order valence-corrected chi connectivity index (χ2v) is 4.37. The second-order valence-electron chi connectivity index (χ2n) is 4.37. The molecule has 2 heterocycles. The molecule has 6 heteroatoms. The molecule has 2 fully saturated rings. The number of nitrogens with zero attached hydrogens (tertiary/aromatic N) is 1. The molecule has 0 aliphatic carbocycles. The normalized spacial score (nSPS) is 23.5. The third kappa shape index (κ3) is 2.27. The maximum Gasteiger partial charge on any atom is 0.410 e. The quantitative estimate of drug-likeness (QED) is 0.712. The molecular formula is C10H16N2O4. The molecule has 0 aromatic carbocycles. The predicted molar refractivity (Wildman–Crippen MR) is 55.1 cm³/mol. The SMILES string of the molecule is O=C(O)CCN1CC2(CCNCC2)OC1=O. The highest BCUT2D eigenvalue weighted by atomic mass is 16.6. The van der Waals surface area contributed by atoms with Gasteiger partial charge in [0.05, 0.1) is 13.0 Å². The zero-order chi connectivity index (χ0) is 11.6. The highest BCUT2D eigenvalue weighted by molar-refractivity contribution is 5.72. The lowest BCUT2D eigenvalue weighted by Gasteiger charge is -2.31. The summed E-state index contributed by atoms with van der Waals surface area (Å²) in [5, 5.41) is 11.8. The van der Waals surface area contributed by atoms with Crippen molar-refractivity contribution < 1.29 is 19.4 Å². The highest BCUT2D eigenvalue weighted by Crippen LogP contribution is 2.30. The van der Waals surface area contributed by atoms with Gasteiger partial charge in [-0.1, -0.05) is 0 Å². The topological polar surface area (TPSA) is 78.9 Å². The van der Waals surface area contributed by atoms with Gasteiger partial charge in [0.15, 0.2) is 0 Å². The number of piperidine rings is 1. The van der Waals surface area contributed by atoms with Gasteiger partial charge in [0.1, 0.15) is 5.60 Å². The molecule has 6 nitrogen and oxygen atoms in total. The zero-order valence-electron chi connectivity index (χ0n) is 9.07. The van der Waals surface area contributed by atoms with E-state index in [2.05, 4.69) is 5.32 Å². The number of carboxylic acid groups (broad SMARTS) is 1. The van der Waals surface area contributed by atoms with Gasteiger partial charge in [-0.2, -0.15) is 0 Å². The van der Waals surface area contributed by atoms with Crippen molar-refractivity contribution in [3.05, 3.63) is 0 Å². The Hall–Kier alpha value is -1.30. The van der Waals surface area contributed by atoms with E-state index in [0.29, 0.717) is 6.54 Å². The summed E-state index contributed by atoms with van der Waals surface area (Å²) in [5.74, 6) is -0.890. The van der Waals surface area contributed by atoms with Crippen LogP contribution in [0, 0.1) is 0 Å². The van der Waals surface area contributed by atoms with Crippen LogP contribution in [0.3, 0.4) is 0 Å². The Morgan fingerprint density at radius 2 is 2.19 bits per heavy atom. The maximum atomic E-state index is 11.6. The number of nitrogens with one attached hydrogen (secondary N) is 1. The van der Waals surface area contributed by atoms with Gasteiger partial charge in [-0.25, -0.2) is 4.79 Å². The first-order valence-corrected chi connectivity index (χ1v) is 5.52. The van der Waals surface area contributed by atoms with E-state index in [-0.39, 0.29) is 24.7 Å². The number of carbonyl (C=O) groups is 2. The van der Waals surface area contributed by atoms with Gasteiger partial charge in [-0.3, -0.25) is 4.79 Å². The van der Waals surface area contributed by atoms with Crippen LogP contribution in [0.4, 0.5) is 4.79 Å². The average Bonchev–Trinajstić information content (AvgIpc) is 2.53. The fourth-order valence-corrected chi connectivity index (χ4v) is 2.24. The lowest BCUT2D eigenvalue weighted by Crippen LogP contribution is -2.45. The second kappa shape index (κ2) is 4.29. The minimum absolute atomic E-state index is 0.0244. The summed E-state index contributed by atoms with van der Waals surface area (Å²) in [4.78, 5) is 23.5. The van der Waals surface area contributed by atoms with Crippen molar-refractivity contribution in [2.24, 2.45) is 0 Å². The van der Waals surface area contributed by atoms with Crippen molar-refractivity contribution in [2.45, 2.75) is 24.9 Å². The van der Waals surface area contributed by atoms with E-state index >= 15 is 0 Å². The zero-order valence-corrected chi connectivity index (χ0v) is 9.07. The Kier molecular flexibility index (Phi) is 3.00. The van der Waals surface area contributed by atoms with E-state index in [9.17, 15) is 9.59 Å². The molecule has 2 rings (SSSR count). The molecule has 1 spiro atoms. The van der Waals surface area contributed by atoms with Gasteiger partial charge in [0.2, 0.25) is 0 Å². The van der Waals surface area contributed by atoms with Crippen LogP contribution >= 0.6 is 0 Å². The van der Waals surface area contributed by atoms with E-state index in [4.69, 9.17) is 9.84 Å². The molecule has 0 atom stereocenters. The lowest BCUT2D eigenvalue weighted by atomic mass is 9.92. The van der Waals surface area contributed by atoms with Crippen LogP contribution in [0.1, 0.15) is 19.3 Å². The smallest absolute Gasteiger partial charge is 0.410 e. The first kappa shape index (κ1) is 11.2. The van der Waals surface area contributed by atoms with Crippen LogP contribution in [0.5, 0.6) is 0 Å². The number of aliphatic carboxylic acids is 1. The summed E-state index contributed by atoms with van der Waals surface area (Å²) in [5.41, 5.74) is -0.374. The van der Waals surface area contributed by atoms with Gasteiger partial charge >= 0.3 is 12.1 Å². The summed E-state index contributed by atoms with van der Waals surface area (Å²) in [6, 6.07) is 0. The largest absolute Gasteiger partial charge is 0.481 e. The van der Waals surface area contributed by atoms with Crippen LogP contribution in [0.15, 0.2) is 0 Å². The molecule has 16 heavy (non-hydrogen) atoms. The number of hydrogen-bond donors (Lipinski definition) is 2. The highest BCUT2D eigenvalue weighted by Gasteiger charge is 2.45. The Balaban J connectivity index is 1.92. The fourth-order valence-electron chi connectivity index (χ4n) is 2.24. The van der Waals surface area contributed by atoms with Gasteiger partial charge in [0, 0.05) is 19.4 Å². The third-order valence-corrected chi connectivity index (χ3v) is 3.15. The van der Waals surface area contributed by atoms with Gasteiger partial charge in [-0.05, 0) is 13.1 Å². The maximum absolute atomic E-state index is 11.6. The van der Waals surface area contributed by atoms with Crippen LogP contribution in [-0.2, 0) is 9.53 Å². The lowest BCUT2D eigenvalue weighted by molar-refractivity contribution is -0.137. The van der Waals surface area contributed by atoms with E-state index < -0.39 is 5.97 Å². The first-order valence-electron chi connectivity index (χ1n) is 5.52. The molecule has 2 N–H and O–H groups in total. The summed E-state index contributed by atoms with van der Waals surface area (Å²) in [6.45, 7) is 2.46. The van der Waals surface area contributed by atoms with Gasteiger partial charge < -0.3 is 20.1 Å². The molecule has 2 saturated heterocycles. The van der Waals surface area contributed by atoms with Crippen molar-refractivity contribution in [3.8, 4) is 0 Å². The molecule has 0 bridgehead atoms. The molecule has 0 aromatic rings. The molecule has 0 radical (unpaired) electrons. The third-order valence-electron chi connectivity index (χ3n) is 3.15. The summed E-state index contributed by atoms with van der Waals surface area (Å²) < 4.78 is 5.39. The predicted octanol–water partition coefficient (Wildman–Crippen LogP) is 0.0355. The van der Waals surface area contributed by atoms with Crippen molar-refractivity contribution in [3.63, 3.8) is 0 Å². The van der Waals surface area contributed by atoms with Gasteiger partial charge in [-0.15, -0.1) is 0 Å². The molecule has 1 amide bonds. The monoisotopic (exact) mass is 228 g/mol. The van der Waals surface area contributed by atoms with E-state index in [0.717, 1.165) is 25.9 Å². The van der Waals surface area contributed by atoms with E-state index in [1.807, 2.05) is 0 Å². The molecule has 0 unspecified atom stereocenters. The number of amides is 1.